The third kappa shape index (κ3) is 2.89. The Morgan fingerprint density at radius 3 is 1.40 bits per heavy atom. The fraction of sp³-hybridized carbons (Fsp3) is 0. The van der Waals surface area contributed by atoms with Crippen molar-refractivity contribution in [2.45, 2.75) is 0 Å². The minimum absolute atomic E-state index is 0.921. The van der Waals surface area contributed by atoms with Crippen LogP contribution in [0.4, 0.5) is 0 Å². The van der Waals surface area contributed by atoms with Gasteiger partial charge in [-0.25, -0.2) is 0 Å². The Morgan fingerprint density at radius 1 is 0.429 bits per heavy atom. The molecule has 0 aliphatic heterocycles. The van der Waals surface area contributed by atoms with Crippen molar-refractivity contribution < 1.29 is 4.42 Å². The lowest BCUT2D eigenvalue weighted by Gasteiger charge is -2.09. The minimum atomic E-state index is 0.921. The molecule has 4 aromatic heterocycles. The van der Waals surface area contributed by atoms with Crippen LogP contribution in [-0.2, 0) is 0 Å². The highest BCUT2D eigenvalue weighted by molar-refractivity contribution is 7.25. The van der Waals surface area contributed by atoms with E-state index in [2.05, 4.69) is 143 Å². The SMILES string of the molecule is c1ccc2c(c1)c1ccccc1n2-c1ccc2oc3sc4ccc(-n5c6ccccc6c6ccccc65)cc4c3c2c1. The molecular weight excluding hydrogens is 532 g/mol. The number of thiophene rings is 1. The number of aromatic nitrogens is 2. The summed E-state index contributed by atoms with van der Waals surface area (Å²) in [6.07, 6.45) is 0. The van der Waals surface area contributed by atoms with E-state index in [0.717, 1.165) is 27.2 Å². The molecule has 6 aromatic carbocycles. The summed E-state index contributed by atoms with van der Waals surface area (Å²) in [5.74, 6) is 0. The lowest BCUT2D eigenvalue weighted by Crippen LogP contribution is -1.93. The zero-order valence-electron chi connectivity index (χ0n) is 22.4. The maximum Gasteiger partial charge on any atom is 0.190 e. The highest BCUT2D eigenvalue weighted by atomic mass is 32.1. The van der Waals surface area contributed by atoms with Crippen LogP contribution in [0.25, 0.3) is 86.3 Å². The molecule has 0 radical (unpaired) electrons. The van der Waals surface area contributed by atoms with E-state index in [0.29, 0.717) is 0 Å². The smallest absolute Gasteiger partial charge is 0.190 e. The van der Waals surface area contributed by atoms with Crippen molar-refractivity contribution in [3.05, 3.63) is 133 Å². The number of rotatable bonds is 2. The lowest BCUT2D eigenvalue weighted by atomic mass is 10.1. The molecule has 0 unspecified atom stereocenters. The van der Waals surface area contributed by atoms with Gasteiger partial charge in [-0.05, 0) is 60.7 Å². The van der Waals surface area contributed by atoms with Gasteiger partial charge in [0, 0.05) is 53.8 Å². The molecule has 0 aliphatic carbocycles. The van der Waals surface area contributed by atoms with Gasteiger partial charge in [-0.3, -0.25) is 0 Å². The van der Waals surface area contributed by atoms with Gasteiger partial charge in [-0.2, -0.15) is 0 Å². The molecule has 4 heteroatoms. The van der Waals surface area contributed by atoms with E-state index in [4.69, 9.17) is 4.42 Å². The Hall–Kier alpha value is -5.32. The van der Waals surface area contributed by atoms with Crippen molar-refractivity contribution in [3.8, 4) is 11.4 Å². The first-order chi connectivity index (χ1) is 20.8. The molecule has 3 nitrogen and oxygen atoms in total. The van der Waals surface area contributed by atoms with Crippen molar-refractivity contribution >= 4 is 86.3 Å². The molecule has 0 N–H and O–H groups in total. The Bertz CT molecular complexity index is 2410. The van der Waals surface area contributed by atoms with Gasteiger partial charge in [-0.15, -0.1) is 0 Å². The molecule has 4 heterocycles. The van der Waals surface area contributed by atoms with Crippen LogP contribution in [0.2, 0.25) is 0 Å². The second-order valence-corrected chi connectivity index (χ2v) is 12.0. The average molecular weight is 555 g/mol. The summed E-state index contributed by atoms with van der Waals surface area (Å²) in [6.45, 7) is 0. The summed E-state index contributed by atoms with van der Waals surface area (Å²) >= 11 is 1.73. The Balaban J connectivity index is 1.26. The number of benzene rings is 6. The van der Waals surface area contributed by atoms with Gasteiger partial charge in [-0.1, -0.05) is 84.1 Å². The molecule has 196 valence electrons. The molecule has 10 aromatic rings. The topological polar surface area (TPSA) is 23.0 Å². The molecule has 0 bridgehead atoms. The number of furan rings is 1. The molecule has 0 amide bonds. The molecule has 10 rings (SSSR count). The fourth-order valence-electron chi connectivity index (χ4n) is 6.97. The number of hydrogen-bond acceptors (Lipinski definition) is 2. The number of fused-ring (bicyclic) bond motifs is 11. The molecule has 0 saturated carbocycles. The maximum absolute atomic E-state index is 6.46. The molecule has 0 aliphatic rings. The van der Waals surface area contributed by atoms with Crippen LogP contribution < -0.4 is 0 Å². The Morgan fingerprint density at radius 2 is 0.881 bits per heavy atom. The zero-order valence-corrected chi connectivity index (χ0v) is 23.2. The fourth-order valence-corrected chi connectivity index (χ4v) is 8.03. The van der Waals surface area contributed by atoms with Crippen LogP contribution >= 0.6 is 11.3 Å². The van der Waals surface area contributed by atoms with Gasteiger partial charge >= 0.3 is 0 Å². The number of nitrogens with zero attached hydrogens (tertiary/aromatic N) is 2. The summed E-state index contributed by atoms with van der Waals surface area (Å²) in [7, 11) is 0. The summed E-state index contributed by atoms with van der Waals surface area (Å²) in [5.41, 5.74) is 8.08. The molecule has 0 spiro atoms. The van der Waals surface area contributed by atoms with Gasteiger partial charge in [0.2, 0.25) is 0 Å². The number of hydrogen-bond donors (Lipinski definition) is 0. The molecular formula is C38H22N2OS. The summed E-state index contributed by atoms with van der Waals surface area (Å²) < 4.78 is 12.5. The molecule has 42 heavy (non-hydrogen) atoms. The largest absolute Gasteiger partial charge is 0.445 e. The average Bonchev–Trinajstić information content (AvgIpc) is 3.77. The molecule has 0 fully saturated rings. The molecule has 0 atom stereocenters. The van der Waals surface area contributed by atoms with Gasteiger partial charge < -0.3 is 13.6 Å². The third-order valence-corrected chi connectivity index (χ3v) is 9.80. The monoisotopic (exact) mass is 554 g/mol. The van der Waals surface area contributed by atoms with Gasteiger partial charge in [0.25, 0.3) is 0 Å². The standard InChI is InChI=1S/C38H22N2OS/c1-5-13-31-25(9-1)26-10-2-6-14-32(26)39(31)23-17-19-35-29(21-23)37-30-22-24(18-20-36(30)42-38(37)41-35)40-33-15-7-3-11-27(33)28-12-4-8-16-34(28)40/h1-22H. The first-order valence-electron chi connectivity index (χ1n) is 14.2. The van der Waals surface area contributed by atoms with Crippen molar-refractivity contribution in [1.29, 1.82) is 0 Å². The number of para-hydroxylation sites is 4. The minimum Gasteiger partial charge on any atom is -0.445 e. The third-order valence-electron chi connectivity index (χ3n) is 8.75. The van der Waals surface area contributed by atoms with Crippen molar-refractivity contribution in [2.75, 3.05) is 0 Å². The van der Waals surface area contributed by atoms with Crippen LogP contribution in [0.1, 0.15) is 0 Å². The van der Waals surface area contributed by atoms with Crippen LogP contribution in [0.5, 0.6) is 0 Å². The normalized spacial score (nSPS) is 12.3. The van der Waals surface area contributed by atoms with Crippen molar-refractivity contribution in [1.82, 2.24) is 9.13 Å². The Labute approximate surface area is 244 Å². The first-order valence-corrected chi connectivity index (χ1v) is 15.0. The molecule has 0 saturated heterocycles. The van der Waals surface area contributed by atoms with E-state index in [1.807, 2.05) is 0 Å². The quantitative estimate of drug-likeness (QED) is 0.208. The summed E-state index contributed by atoms with van der Waals surface area (Å²) in [4.78, 5) is 0.971. The van der Waals surface area contributed by atoms with E-state index in [9.17, 15) is 0 Å². The predicted octanol–water partition coefficient (Wildman–Crippen LogP) is 11.0. The van der Waals surface area contributed by atoms with E-state index in [1.165, 1.54) is 59.1 Å². The summed E-state index contributed by atoms with van der Waals surface area (Å²) in [6, 6.07) is 48.1. The van der Waals surface area contributed by atoms with Crippen molar-refractivity contribution in [3.63, 3.8) is 0 Å². The van der Waals surface area contributed by atoms with E-state index < -0.39 is 0 Å². The Kier molecular flexibility index (Phi) is 4.33. The van der Waals surface area contributed by atoms with Crippen molar-refractivity contribution in [2.24, 2.45) is 0 Å². The van der Waals surface area contributed by atoms with Gasteiger partial charge in [0.15, 0.2) is 4.90 Å². The van der Waals surface area contributed by atoms with Gasteiger partial charge in [0.05, 0.1) is 22.1 Å². The second kappa shape index (κ2) is 8.12. The second-order valence-electron chi connectivity index (χ2n) is 11.0. The lowest BCUT2D eigenvalue weighted by molar-refractivity contribution is 0.678. The van der Waals surface area contributed by atoms with E-state index in [-0.39, 0.29) is 0 Å². The van der Waals surface area contributed by atoms with Crippen LogP contribution in [0, 0.1) is 0 Å². The maximum atomic E-state index is 6.46. The van der Waals surface area contributed by atoms with E-state index >= 15 is 0 Å². The first kappa shape index (κ1) is 22.4. The zero-order chi connectivity index (χ0) is 27.4. The van der Waals surface area contributed by atoms with Crippen LogP contribution in [0.3, 0.4) is 0 Å². The van der Waals surface area contributed by atoms with E-state index in [1.54, 1.807) is 11.3 Å². The highest BCUT2D eigenvalue weighted by Gasteiger charge is 2.19. The predicted molar refractivity (Wildman–Crippen MR) is 178 cm³/mol. The van der Waals surface area contributed by atoms with Gasteiger partial charge in [0.1, 0.15) is 5.58 Å². The highest BCUT2D eigenvalue weighted by Crippen LogP contribution is 2.43. The van der Waals surface area contributed by atoms with Crippen LogP contribution in [0.15, 0.2) is 138 Å². The van der Waals surface area contributed by atoms with Crippen LogP contribution in [-0.4, -0.2) is 9.13 Å². The summed E-state index contributed by atoms with van der Waals surface area (Å²) in [5, 5.41) is 8.64.